The summed E-state index contributed by atoms with van der Waals surface area (Å²) in [5.41, 5.74) is -0.295. The molecule has 3 N–H and O–H groups in total. The van der Waals surface area contributed by atoms with Crippen LogP contribution in [0.15, 0.2) is 18.2 Å². The molecule has 1 heterocycles. The van der Waals surface area contributed by atoms with E-state index >= 15 is 0 Å². The molecule has 0 spiro atoms. The molecule has 0 amide bonds. The summed E-state index contributed by atoms with van der Waals surface area (Å²) >= 11 is 0. The van der Waals surface area contributed by atoms with Crippen LogP contribution in [-0.2, 0) is 14.2 Å². The number of methoxy groups -OCH3 is 1. The van der Waals surface area contributed by atoms with E-state index in [0.29, 0.717) is 18.3 Å². The van der Waals surface area contributed by atoms with E-state index in [-0.39, 0.29) is 28.8 Å². The lowest BCUT2D eigenvalue weighted by atomic mass is 9.43. The van der Waals surface area contributed by atoms with Crippen molar-refractivity contribution < 1.29 is 38.3 Å². The highest BCUT2D eigenvalue weighted by Gasteiger charge is 2.67. The quantitative estimate of drug-likeness (QED) is 0.443. The molecule has 0 unspecified atom stereocenters. The number of rotatable bonds is 4. The third-order valence-electron chi connectivity index (χ3n) is 12.5. The van der Waals surface area contributed by atoms with Gasteiger partial charge in [0.25, 0.3) is 0 Å². The third-order valence-corrected chi connectivity index (χ3v) is 12.5. The van der Waals surface area contributed by atoms with Crippen molar-refractivity contribution in [2.75, 3.05) is 7.11 Å². The van der Waals surface area contributed by atoms with Crippen molar-refractivity contribution in [1.29, 1.82) is 0 Å². The number of benzene rings is 1. The molecule has 40 heavy (non-hydrogen) atoms. The zero-order valence-electron chi connectivity index (χ0n) is 24.2. The molecule has 0 aromatic heterocycles. The van der Waals surface area contributed by atoms with Crippen molar-refractivity contribution in [1.82, 2.24) is 0 Å². The highest BCUT2D eigenvalue weighted by Crippen LogP contribution is 2.70. The topological polar surface area (TPSA) is 88.4 Å². The van der Waals surface area contributed by atoms with Gasteiger partial charge in [0.15, 0.2) is 17.9 Å². The molecule has 4 aliphatic carbocycles. The molecule has 1 aromatic carbocycles. The zero-order valence-corrected chi connectivity index (χ0v) is 24.2. The number of ether oxygens (including phenoxy) is 3. The second kappa shape index (κ2) is 10.2. The average molecular weight is 565 g/mol. The Hall–Kier alpha value is -1.16. The number of aliphatic hydroxyl groups is 3. The van der Waals surface area contributed by atoms with Gasteiger partial charge in [-0.1, -0.05) is 19.9 Å². The van der Waals surface area contributed by atoms with Crippen LogP contribution in [0, 0.1) is 40.2 Å². The van der Waals surface area contributed by atoms with Crippen molar-refractivity contribution in [3.05, 3.63) is 35.4 Å². The number of aliphatic hydroxyl groups excluding tert-OH is 2. The van der Waals surface area contributed by atoms with Crippen LogP contribution in [0.3, 0.4) is 0 Å². The molecule has 5 aliphatic rings. The molecule has 6 rings (SSSR count). The summed E-state index contributed by atoms with van der Waals surface area (Å²) in [6.07, 6.45) is 3.96. The van der Waals surface area contributed by atoms with E-state index in [0.717, 1.165) is 56.9 Å². The molecule has 0 bridgehead atoms. The monoisotopic (exact) mass is 564 g/mol. The Bertz CT molecular complexity index is 1100. The Labute approximate surface area is 236 Å². The summed E-state index contributed by atoms with van der Waals surface area (Å²) in [6, 6.07) is 4.26. The van der Waals surface area contributed by atoms with E-state index < -0.39 is 47.9 Å². The molecule has 8 heteroatoms. The van der Waals surface area contributed by atoms with Crippen molar-refractivity contribution in [2.24, 2.45) is 28.6 Å². The molecule has 1 saturated heterocycles. The maximum atomic E-state index is 14.2. The molecule has 5 fully saturated rings. The first-order chi connectivity index (χ1) is 18.9. The summed E-state index contributed by atoms with van der Waals surface area (Å²) in [6.45, 7) is 6.35. The fraction of sp³-hybridized carbons (Fsp3) is 0.812. The van der Waals surface area contributed by atoms with Crippen molar-refractivity contribution in [3.63, 3.8) is 0 Å². The van der Waals surface area contributed by atoms with Crippen LogP contribution in [0.4, 0.5) is 8.78 Å². The summed E-state index contributed by atoms with van der Waals surface area (Å²) in [7, 11) is 1.48. The van der Waals surface area contributed by atoms with Gasteiger partial charge in [-0.05, 0) is 111 Å². The minimum absolute atomic E-state index is 0.0157. The number of hydrogen-bond donors (Lipinski definition) is 3. The maximum Gasteiger partial charge on any atom is 0.186 e. The van der Waals surface area contributed by atoms with E-state index in [1.54, 1.807) is 13.0 Å². The maximum absolute atomic E-state index is 14.2. The van der Waals surface area contributed by atoms with Crippen LogP contribution < -0.4 is 0 Å². The van der Waals surface area contributed by atoms with Gasteiger partial charge in [0.1, 0.15) is 18.3 Å². The van der Waals surface area contributed by atoms with Gasteiger partial charge in [-0.2, -0.15) is 0 Å². The van der Waals surface area contributed by atoms with Crippen LogP contribution in [-0.4, -0.2) is 64.8 Å². The van der Waals surface area contributed by atoms with Gasteiger partial charge in [0.2, 0.25) is 0 Å². The summed E-state index contributed by atoms with van der Waals surface area (Å²) in [5, 5.41) is 33.5. The van der Waals surface area contributed by atoms with Crippen LogP contribution in [0.1, 0.15) is 90.0 Å². The molecule has 6 nitrogen and oxygen atoms in total. The van der Waals surface area contributed by atoms with Crippen LogP contribution in [0.25, 0.3) is 0 Å². The first-order valence-electron chi connectivity index (χ1n) is 15.3. The lowest BCUT2D eigenvalue weighted by molar-refractivity contribution is -0.313. The minimum Gasteiger partial charge on any atom is -0.389 e. The van der Waals surface area contributed by atoms with Crippen LogP contribution in [0.2, 0.25) is 0 Å². The van der Waals surface area contributed by atoms with Crippen molar-refractivity contribution >= 4 is 0 Å². The Morgan fingerprint density at radius 2 is 1.70 bits per heavy atom. The molecule has 0 radical (unpaired) electrons. The van der Waals surface area contributed by atoms with Crippen molar-refractivity contribution in [2.45, 2.75) is 127 Å². The SMILES string of the molecule is CO[C@H]1[C@H](O)[C@H](O[C@H]2CC[C@@]3(C)[C@H](CC[C@@H]4[C@@H]3CC[C@]3(C)[C@@H](c5ccc(F)c(F)c5)CC[C@]43O)C2)O[C@@H](C)[C@@H]1O. The van der Waals surface area contributed by atoms with Gasteiger partial charge < -0.3 is 29.5 Å². The molecule has 224 valence electrons. The smallest absolute Gasteiger partial charge is 0.186 e. The average Bonchev–Trinajstić information content (AvgIpc) is 3.20. The first kappa shape index (κ1) is 28.9. The standard InChI is InChI=1S/C32H46F2O6/c1-17-26(35)28(38-4)27(36)29(39-17)40-20-9-12-30(2)19(16-20)6-7-23-22(30)10-13-31(3)21(11-14-32(23,31)37)18-5-8-24(33)25(34)15-18/h5,8,15,17,19-23,26-29,35-37H,6-7,9-14,16H2,1-4H3/t17-,19+,20-,21+,22-,23+,26-,27-,28+,29-,30-,31+,32-/m0/s1. The van der Waals surface area contributed by atoms with Gasteiger partial charge in [0.05, 0.1) is 17.8 Å². The lowest BCUT2D eigenvalue weighted by Crippen LogP contribution is -2.62. The zero-order chi connectivity index (χ0) is 28.6. The largest absolute Gasteiger partial charge is 0.389 e. The highest BCUT2D eigenvalue weighted by atomic mass is 19.2. The fourth-order valence-corrected chi connectivity index (χ4v) is 10.2. The van der Waals surface area contributed by atoms with Gasteiger partial charge in [0, 0.05) is 12.5 Å². The highest BCUT2D eigenvalue weighted by molar-refractivity contribution is 5.30. The van der Waals surface area contributed by atoms with E-state index in [1.807, 2.05) is 0 Å². The molecular formula is C32H46F2O6. The predicted molar refractivity (Wildman–Crippen MR) is 144 cm³/mol. The van der Waals surface area contributed by atoms with E-state index in [1.165, 1.54) is 19.2 Å². The summed E-state index contributed by atoms with van der Waals surface area (Å²) in [5.74, 6) is -0.585. The third kappa shape index (κ3) is 4.22. The van der Waals surface area contributed by atoms with E-state index in [4.69, 9.17) is 14.2 Å². The Morgan fingerprint density at radius 1 is 0.925 bits per heavy atom. The van der Waals surface area contributed by atoms with Crippen LogP contribution >= 0.6 is 0 Å². The molecule has 1 aliphatic heterocycles. The number of hydrogen-bond acceptors (Lipinski definition) is 6. The van der Waals surface area contributed by atoms with Crippen molar-refractivity contribution in [3.8, 4) is 0 Å². The fourth-order valence-electron chi connectivity index (χ4n) is 10.2. The Balaban J connectivity index is 1.17. The summed E-state index contributed by atoms with van der Waals surface area (Å²) in [4.78, 5) is 0. The lowest BCUT2D eigenvalue weighted by Gasteiger charge is -2.64. The number of fused-ring (bicyclic) bond motifs is 5. The molecule has 13 atom stereocenters. The second-order valence-corrected chi connectivity index (χ2v) is 14.1. The Kier molecular flexibility index (Phi) is 7.40. The van der Waals surface area contributed by atoms with E-state index in [2.05, 4.69) is 13.8 Å². The van der Waals surface area contributed by atoms with E-state index in [9.17, 15) is 24.1 Å². The summed E-state index contributed by atoms with van der Waals surface area (Å²) < 4.78 is 45.4. The van der Waals surface area contributed by atoms with Gasteiger partial charge in [-0.15, -0.1) is 0 Å². The molecule has 4 saturated carbocycles. The van der Waals surface area contributed by atoms with Crippen LogP contribution in [0.5, 0.6) is 0 Å². The number of halogens is 2. The van der Waals surface area contributed by atoms with Gasteiger partial charge >= 0.3 is 0 Å². The Morgan fingerprint density at radius 3 is 2.42 bits per heavy atom. The normalized spacial score (nSPS) is 50.6. The van der Waals surface area contributed by atoms with Gasteiger partial charge in [-0.25, -0.2) is 8.78 Å². The minimum atomic E-state index is -1.06. The first-order valence-corrected chi connectivity index (χ1v) is 15.3. The second-order valence-electron chi connectivity index (χ2n) is 14.1. The predicted octanol–water partition coefficient (Wildman–Crippen LogP) is 5.07. The van der Waals surface area contributed by atoms with Gasteiger partial charge in [-0.3, -0.25) is 0 Å². The molecule has 1 aromatic rings. The molecular weight excluding hydrogens is 518 g/mol.